The van der Waals surface area contributed by atoms with Crippen LogP contribution >= 0.6 is 11.3 Å². The van der Waals surface area contributed by atoms with Gasteiger partial charge >= 0.3 is 6.18 Å². The maximum absolute atomic E-state index is 17.2. The zero-order chi connectivity index (χ0) is 35.9. The molecule has 5 N–H and O–H groups in total. The number of halogens is 5. The summed E-state index contributed by atoms with van der Waals surface area (Å²) < 4.78 is 83.6. The van der Waals surface area contributed by atoms with Gasteiger partial charge in [-0.3, -0.25) is 0 Å². The Hall–Kier alpha value is -5.05. The molecule has 1 fully saturated rings. The minimum absolute atomic E-state index is 0.0392. The molecule has 0 amide bonds. The van der Waals surface area contributed by atoms with Crippen molar-refractivity contribution >= 4 is 54.9 Å². The van der Waals surface area contributed by atoms with Crippen LogP contribution in [0.2, 0.25) is 0 Å². The van der Waals surface area contributed by atoms with Crippen molar-refractivity contribution in [3.05, 3.63) is 58.8 Å². The number of nitrogens with zero attached hydrogens (tertiary/aromatic N) is 7. The minimum atomic E-state index is -5.16. The molecular weight excluding hydrogens is 681 g/mol. The summed E-state index contributed by atoms with van der Waals surface area (Å²) in [6.45, 7) is 4.18. The molecular formula is C33H32F5N9O2S. The highest BCUT2D eigenvalue weighted by Gasteiger charge is 2.44. The Labute approximate surface area is 287 Å². The van der Waals surface area contributed by atoms with Crippen molar-refractivity contribution in [1.29, 1.82) is 5.26 Å². The van der Waals surface area contributed by atoms with E-state index in [9.17, 15) is 9.65 Å². The number of pyridine rings is 1. The van der Waals surface area contributed by atoms with Gasteiger partial charge in [0.15, 0.2) is 5.82 Å². The molecule has 0 aliphatic carbocycles. The standard InChI is InChI=1S/C31H26F5N9OS.C2H6O/c1-43-7-9-44(10-8-43)30-41-24-21-25(46-12-11-45(29(21)42-30)14-15-3-2-6-40-27(15)38)22(31(34,35)36)20(23(24)33)16-4-5-18(32)26-19(16)17(13-37)28(39)47-26;1-2-3/h2-6H,7-12,14,39H2,1H3,(H2,38,40);3H,2H2,1H3. The van der Waals surface area contributed by atoms with Crippen LogP contribution in [0.5, 0.6) is 5.75 Å². The van der Waals surface area contributed by atoms with Gasteiger partial charge in [-0.1, -0.05) is 12.1 Å². The van der Waals surface area contributed by atoms with Crippen molar-refractivity contribution in [2.45, 2.75) is 19.6 Å². The second kappa shape index (κ2) is 13.7. The number of aliphatic hydroxyl groups excluding tert-OH is 1. The number of hydrogen-bond donors (Lipinski definition) is 3. The second-order valence-electron chi connectivity index (χ2n) is 11.6. The third-order valence-electron chi connectivity index (χ3n) is 8.47. The van der Waals surface area contributed by atoms with E-state index in [1.165, 1.54) is 6.20 Å². The predicted octanol–water partition coefficient (Wildman–Crippen LogP) is 5.39. The lowest BCUT2D eigenvalue weighted by Gasteiger charge is -2.33. The molecule has 0 radical (unpaired) electrons. The van der Waals surface area contributed by atoms with Crippen LogP contribution in [0, 0.1) is 23.0 Å². The summed E-state index contributed by atoms with van der Waals surface area (Å²) in [7, 11) is 1.96. The lowest BCUT2D eigenvalue weighted by atomic mass is 9.91. The summed E-state index contributed by atoms with van der Waals surface area (Å²) in [5.74, 6) is -2.39. The monoisotopic (exact) mass is 713 g/mol. The van der Waals surface area contributed by atoms with Crippen LogP contribution in [0.25, 0.3) is 32.1 Å². The predicted molar refractivity (Wildman–Crippen MR) is 182 cm³/mol. The maximum atomic E-state index is 17.2. The van der Waals surface area contributed by atoms with Crippen molar-refractivity contribution < 1.29 is 31.8 Å². The first-order valence-corrected chi connectivity index (χ1v) is 16.4. The summed E-state index contributed by atoms with van der Waals surface area (Å²) in [5, 5.41) is 16.8. The maximum Gasteiger partial charge on any atom is 0.420 e. The number of nitrogens with two attached hydrogens (primary N) is 2. The molecule has 11 nitrogen and oxygen atoms in total. The van der Waals surface area contributed by atoms with Gasteiger partial charge < -0.3 is 36.0 Å². The number of alkyl halides is 3. The molecule has 1 saturated heterocycles. The van der Waals surface area contributed by atoms with E-state index in [0.717, 1.165) is 12.1 Å². The van der Waals surface area contributed by atoms with Crippen LogP contribution in [0.3, 0.4) is 0 Å². The third-order valence-corrected chi connectivity index (χ3v) is 9.50. The lowest BCUT2D eigenvalue weighted by molar-refractivity contribution is -0.138. The van der Waals surface area contributed by atoms with Gasteiger partial charge in [-0.15, -0.1) is 11.3 Å². The van der Waals surface area contributed by atoms with E-state index in [4.69, 9.17) is 26.3 Å². The van der Waals surface area contributed by atoms with Crippen molar-refractivity contribution in [3.63, 3.8) is 0 Å². The fourth-order valence-corrected chi connectivity index (χ4v) is 7.08. The summed E-state index contributed by atoms with van der Waals surface area (Å²) in [5.41, 5.74) is 9.32. The van der Waals surface area contributed by atoms with Crippen LogP contribution < -0.4 is 26.0 Å². The Morgan fingerprint density at radius 1 is 1.06 bits per heavy atom. The van der Waals surface area contributed by atoms with Gasteiger partial charge in [0.25, 0.3) is 0 Å². The molecule has 5 heterocycles. The number of rotatable bonds is 4. The average Bonchev–Trinajstić information content (AvgIpc) is 3.32. The number of aliphatic hydroxyl groups is 1. The molecule has 0 unspecified atom stereocenters. The first-order chi connectivity index (χ1) is 23.9. The Balaban J connectivity index is 0.00000139. The second-order valence-corrected chi connectivity index (χ2v) is 12.7. The number of hydrogen-bond acceptors (Lipinski definition) is 12. The molecule has 0 saturated carbocycles. The molecule has 17 heteroatoms. The highest BCUT2D eigenvalue weighted by atomic mass is 32.1. The van der Waals surface area contributed by atoms with Crippen molar-refractivity contribution in [2.75, 3.05) is 74.3 Å². The van der Waals surface area contributed by atoms with Crippen molar-refractivity contribution in [1.82, 2.24) is 19.9 Å². The largest absolute Gasteiger partial charge is 0.490 e. The number of aromatic nitrogens is 3. The number of likely N-dealkylation sites (N-methyl/N-ethyl adjacent to an activating group) is 1. The first-order valence-electron chi connectivity index (χ1n) is 15.6. The van der Waals surface area contributed by atoms with E-state index >= 15 is 17.6 Å². The molecule has 262 valence electrons. The zero-order valence-corrected chi connectivity index (χ0v) is 27.8. The topological polar surface area (TPSA) is 154 Å². The molecule has 3 aromatic heterocycles. The van der Waals surface area contributed by atoms with Crippen LogP contribution in [0.4, 0.5) is 44.5 Å². The quantitative estimate of drug-likeness (QED) is 0.206. The van der Waals surface area contributed by atoms with E-state index in [2.05, 4.69) is 14.9 Å². The van der Waals surface area contributed by atoms with Crippen LogP contribution in [-0.2, 0) is 12.7 Å². The van der Waals surface area contributed by atoms with Gasteiger partial charge in [-0.05, 0) is 31.7 Å². The first kappa shape index (κ1) is 34.8. The number of ether oxygens (including phenoxy) is 1. The number of nitrogen functional groups attached to an aromatic ring is 2. The number of anilines is 4. The fraction of sp³-hybridized carbons (Fsp3) is 0.333. The zero-order valence-electron chi connectivity index (χ0n) is 27.0. The number of piperazine rings is 1. The summed E-state index contributed by atoms with van der Waals surface area (Å²) >= 11 is 0.699. The molecule has 7 rings (SSSR count). The van der Waals surface area contributed by atoms with E-state index in [1.807, 2.05) is 18.0 Å². The Kier molecular flexibility index (Phi) is 9.53. The minimum Gasteiger partial charge on any atom is -0.490 e. The number of fused-ring (bicyclic) bond motifs is 1. The molecule has 0 atom stereocenters. The van der Waals surface area contributed by atoms with E-state index in [1.54, 1.807) is 24.0 Å². The van der Waals surface area contributed by atoms with Crippen LogP contribution in [-0.4, -0.2) is 77.9 Å². The average molecular weight is 714 g/mol. The van der Waals surface area contributed by atoms with Crippen molar-refractivity contribution in [2.24, 2.45) is 0 Å². The summed E-state index contributed by atoms with van der Waals surface area (Å²) in [6.07, 6.45) is -3.64. The number of benzene rings is 2. The molecule has 2 aliphatic heterocycles. The van der Waals surface area contributed by atoms with Gasteiger partial charge in [0.2, 0.25) is 5.95 Å². The smallest absolute Gasteiger partial charge is 0.420 e. The van der Waals surface area contributed by atoms with Gasteiger partial charge in [-0.25, -0.2) is 18.7 Å². The molecule has 0 spiro atoms. The van der Waals surface area contributed by atoms with Crippen LogP contribution in [0.1, 0.15) is 23.6 Å². The van der Waals surface area contributed by atoms with E-state index in [-0.39, 0.29) is 75.5 Å². The van der Waals surface area contributed by atoms with Gasteiger partial charge in [-0.2, -0.15) is 23.4 Å². The molecule has 5 aromatic rings. The SMILES string of the molecule is CCO.CN1CCN(c2nc3c4c(c(C(F)(F)F)c(-c5ccc(F)c6sc(N)c(C#N)c56)c(F)c4n2)OCCN3Cc2cccnc2N)CC1. The van der Waals surface area contributed by atoms with Gasteiger partial charge in [0, 0.05) is 62.0 Å². The van der Waals surface area contributed by atoms with E-state index < -0.39 is 40.2 Å². The Bertz CT molecular complexity index is 2130. The van der Waals surface area contributed by atoms with E-state index in [0.29, 0.717) is 43.1 Å². The van der Waals surface area contributed by atoms with Gasteiger partial charge in [0.1, 0.15) is 52.0 Å². The normalized spacial score (nSPS) is 15.0. The van der Waals surface area contributed by atoms with Crippen molar-refractivity contribution in [3.8, 4) is 22.9 Å². The lowest BCUT2D eigenvalue weighted by Crippen LogP contribution is -2.45. The molecule has 0 bridgehead atoms. The highest BCUT2D eigenvalue weighted by Crippen LogP contribution is 2.53. The third kappa shape index (κ3) is 6.14. The fourth-order valence-electron chi connectivity index (χ4n) is 6.13. The molecule has 2 aromatic carbocycles. The highest BCUT2D eigenvalue weighted by molar-refractivity contribution is 7.23. The van der Waals surface area contributed by atoms with Gasteiger partial charge in [0.05, 0.1) is 22.2 Å². The van der Waals surface area contributed by atoms with Crippen LogP contribution in [0.15, 0.2) is 30.5 Å². The summed E-state index contributed by atoms with van der Waals surface area (Å²) in [6, 6.07) is 7.21. The number of nitriles is 1. The Morgan fingerprint density at radius 2 is 1.78 bits per heavy atom. The number of thiophene rings is 1. The Morgan fingerprint density at radius 3 is 2.44 bits per heavy atom. The molecule has 50 heavy (non-hydrogen) atoms. The molecule has 2 aliphatic rings. The summed E-state index contributed by atoms with van der Waals surface area (Å²) in [4.78, 5) is 19.0.